The molecule has 150 valence electrons. The van der Waals surface area contributed by atoms with Crippen molar-refractivity contribution in [1.29, 1.82) is 0 Å². The van der Waals surface area contributed by atoms with Crippen molar-refractivity contribution in [3.8, 4) is 5.75 Å². The van der Waals surface area contributed by atoms with Crippen LogP contribution in [0.4, 0.5) is 4.39 Å². The predicted molar refractivity (Wildman–Crippen MR) is 110 cm³/mol. The first kappa shape index (κ1) is 19.7. The third kappa shape index (κ3) is 4.18. The van der Waals surface area contributed by atoms with Crippen LogP contribution in [0.2, 0.25) is 0 Å². The minimum atomic E-state index is -0.509. The molecule has 2 aromatic carbocycles. The Hall–Kier alpha value is -3.65. The molecule has 6 nitrogen and oxygen atoms in total. The van der Waals surface area contributed by atoms with E-state index in [1.165, 1.54) is 70.8 Å². The molecule has 30 heavy (non-hydrogen) atoms. The molecule has 0 fully saturated rings. The van der Waals surface area contributed by atoms with Crippen LogP contribution in [0.15, 0.2) is 71.1 Å². The number of thiophene rings is 1. The molecule has 0 radical (unpaired) electrons. The summed E-state index contributed by atoms with van der Waals surface area (Å²) in [6, 6.07) is 13.1. The van der Waals surface area contributed by atoms with E-state index in [0.717, 1.165) is 0 Å². The minimum Gasteiger partial charge on any atom is -0.426 e. The molecular weight excluding hydrogens is 407 g/mol. The van der Waals surface area contributed by atoms with Crippen LogP contribution in [-0.4, -0.2) is 21.3 Å². The molecule has 0 unspecified atom stereocenters. The van der Waals surface area contributed by atoms with E-state index in [2.05, 4.69) is 4.98 Å². The molecule has 4 aromatic rings. The van der Waals surface area contributed by atoms with Crippen molar-refractivity contribution in [2.45, 2.75) is 13.0 Å². The first-order valence-corrected chi connectivity index (χ1v) is 9.93. The number of rotatable bonds is 6. The highest BCUT2D eigenvalue weighted by Crippen LogP contribution is 2.17. The molecule has 0 spiro atoms. The Morgan fingerprint density at radius 2 is 1.67 bits per heavy atom. The van der Waals surface area contributed by atoms with Crippen LogP contribution in [0.5, 0.6) is 5.75 Å². The highest BCUT2D eigenvalue weighted by molar-refractivity contribution is 7.16. The van der Waals surface area contributed by atoms with E-state index in [-0.39, 0.29) is 30.1 Å². The van der Waals surface area contributed by atoms with Crippen molar-refractivity contribution in [2.24, 2.45) is 0 Å². The average molecular weight is 422 g/mol. The number of aryl methyl sites for hydroxylation is 1. The van der Waals surface area contributed by atoms with E-state index < -0.39 is 11.8 Å². The third-order valence-corrected chi connectivity index (χ3v) is 5.28. The number of carbonyl (C=O) groups excluding carboxylic acids is 2. The smallest absolute Gasteiger partial charge is 0.312 e. The SMILES string of the molecule is O=C(CCn1cnc2sccc2c1=O)Oc1ccc(C(=O)c2ccc(F)cc2)cc1. The lowest BCUT2D eigenvalue weighted by molar-refractivity contribution is -0.134. The normalized spacial score (nSPS) is 10.8. The lowest BCUT2D eigenvalue weighted by Gasteiger charge is -2.07. The molecule has 2 aromatic heterocycles. The van der Waals surface area contributed by atoms with Gasteiger partial charge in [0, 0.05) is 17.7 Å². The summed E-state index contributed by atoms with van der Waals surface area (Å²) in [6.07, 6.45) is 1.41. The third-order valence-electron chi connectivity index (χ3n) is 4.46. The van der Waals surface area contributed by atoms with E-state index in [9.17, 15) is 18.8 Å². The molecule has 2 heterocycles. The van der Waals surface area contributed by atoms with Crippen molar-refractivity contribution in [3.63, 3.8) is 0 Å². The number of aromatic nitrogens is 2. The lowest BCUT2D eigenvalue weighted by Crippen LogP contribution is -2.22. The van der Waals surface area contributed by atoms with Crippen molar-refractivity contribution in [1.82, 2.24) is 9.55 Å². The number of ketones is 1. The molecule has 0 N–H and O–H groups in total. The number of hydrogen-bond donors (Lipinski definition) is 0. The Kier molecular flexibility index (Phi) is 5.49. The van der Waals surface area contributed by atoms with Gasteiger partial charge in [0.25, 0.3) is 5.56 Å². The maximum Gasteiger partial charge on any atom is 0.312 e. The second kappa shape index (κ2) is 8.38. The summed E-state index contributed by atoms with van der Waals surface area (Å²) in [6.45, 7) is 0.150. The summed E-state index contributed by atoms with van der Waals surface area (Å²) in [5.74, 6) is -0.898. The number of fused-ring (bicyclic) bond motifs is 1. The van der Waals surface area contributed by atoms with E-state index in [0.29, 0.717) is 21.3 Å². The molecule has 8 heteroatoms. The zero-order chi connectivity index (χ0) is 21.1. The van der Waals surface area contributed by atoms with Crippen molar-refractivity contribution >= 4 is 33.3 Å². The van der Waals surface area contributed by atoms with Gasteiger partial charge in [-0.1, -0.05) is 0 Å². The number of hydrogen-bond acceptors (Lipinski definition) is 6. The Labute approximate surface area is 174 Å². The standard InChI is InChI=1S/C22H15FN2O4S/c23-16-5-1-14(2-6-16)20(27)15-3-7-17(8-4-15)29-19(26)9-11-25-13-24-21-18(22(25)28)10-12-30-21/h1-8,10,12-13H,9,11H2. The van der Waals surface area contributed by atoms with Crippen LogP contribution >= 0.6 is 11.3 Å². The Balaban J connectivity index is 1.37. The van der Waals surface area contributed by atoms with E-state index in [1.54, 1.807) is 11.4 Å². The van der Waals surface area contributed by atoms with Crippen LogP contribution in [-0.2, 0) is 11.3 Å². The molecule has 0 saturated carbocycles. The molecule has 0 aliphatic rings. The van der Waals surface area contributed by atoms with Gasteiger partial charge in [-0.15, -0.1) is 11.3 Å². The summed E-state index contributed by atoms with van der Waals surface area (Å²) in [5.41, 5.74) is 0.559. The molecule has 0 bridgehead atoms. The zero-order valence-corrected chi connectivity index (χ0v) is 16.4. The Bertz CT molecular complexity index is 1280. The molecule has 0 aliphatic heterocycles. The van der Waals surface area contributed by atoms with E-state index in [4.69, 9.17) is 4.74 Å². The number of nitrogens with zero attached hydrogens (tertiary/aromatic N) is 2. The Morgan fingerprint density at radius 3 is 2.37 bits per heavy atom. The molecule has 0 amide bonds. The summed E-state index contributed by atoms with van der Waals surface area (Å²) in [5, 5.41) is 2.32. The van der Waals surface area contributed by atoms with Gasteiger partial charge < -0.3 is 4.74 Å². The van der Waals surface area contributed by atoms with Crippen LogP contribution in [0.3, 0.4) is 0 Å². The topological polar surface area (TPSA) is 78.3 Å². The fraction of sp³-hybridized carbons (Fsp3) is 0.0909. The highest BCUT2D eigenvalue weighted by atomic mass is 32.1. The monoisotopic (exact) mass is 422 g/mol. The quantitative estimate of drug-likeness (QED) is 0.268. The van der Waals surface area contributed by atoms with E-state index >= 15 is 0 Å². The molecule has 0 atom stereocenters. The fourth-order valence-corrected chi connectivity index (χ4v) is 3.61. The largest absolute Gasteiger partial charge is 0.426 e. The number of benzene rings is 2. The summed E-state index contributed by atoms with van der Waals surface area (Å²) < 4.78 is 19.6. The van der Waals surface area contributed by atoms with Crippen LogP contribution in [0, 0.1) is 5.82 Å². The zero-order valence-electron chi connectivity index (χ0n) is 15.6. The van der Waals surface area contributed by atoms with Gasteiger partial charge in [0.2, 0.25) is 0 Å². The van der Waals surface area contributed by atoms with Crippen LogP contribution in [0.25, 0.3) is 10.2 Å². The van der Waals surface area contributed by atoms with Gasteiger partial charge in [-0.25, -0.2) is 9.37 Å². The van der Waals surface area contributed by atoms with Crippen molar-refractivity contribution in [3.05, 3.63) is 93.6 Å². The number of ether oxygens (including phenoxy) is 1. The van der Waals surface area contributed by atoms with Crippen LogP contribution in [0.1, 0.15) is 22.3 Å². The van der Waals surface area contributed by atoms with E-state index in [1.807, 2.05) is 0 Å². The number of carbonyl (C=O) groups is 2. The first-order valence-electron chi connectivity index (χ1n) is 9.05. The van der Waals surface area contributed by atoms with Crippen LogP contribution < -0.4 is 10.3 Å². The summed E-state index contributed by atoms with van der Waals surface area (Å²) in [7, 11) is 0. The summed E-state index contributed by atoms with van der Waals surface area (Å²) >= 11 is 1.38. The first-order chi connectivity index (χ1) is 14.5. The summed E-state index contributed by atoms with van der Waals surface area (Å²) in [4.78, 5) is 41.7. The Morgan fingerprint density at radius 1 is 1.00 bits per heavy atom. The fourth-order valence-electron chi connectivity index (χ4n) is 2.89. The highest BCUT2D eigenvalue weighted by Gasteiger charge is 2.12. The predicted octanol–water partition coefficient (Wildman–Crippen LogP) is 3.82. The van der Waals surface area contributed by atoms with Gasteiger partial charge in [0.1, 0.15) is 16.4 Å². The maximum absolute atomic E-state index is 13.0. The van der Waals surface area contributed by atoms with Gasteiger partial charge >= 0.3 is 5.97 Å². The van der Waals surface area contributed by atoms with Gasteiger partial charge in [-0.2, -0.15) is 0 Å². The minimum absolute atomic E-state index is 0.00646. The number of halogens is 1. The number of esters is 1. The molecule has 4 rings (SSSR count). The molecule has 0 aliphatic carbocycles. The van der Waals surface area contributed by atoms with Crippen molar-refractivity contribution in [2.75, 3.05) is 0 Å². The van der Waals surface area contributed by atoms with Gasteiger partial charge in [-0.3, -0.25) is 19.0 Å². The second-order valence-corrected chi connectivity index (χ2v) is 7.36. The van der Waals surface area contributed by atoms with Gasteiger partial charge in [-0.05, 0) is 60.0 Å². The lowest BCUT2D eigenvalue weighted by atomic mass is 10.0. The second-order valence-electron chi connectivity index (χ2n) is 6.47. The molecular formula is C22H15FN2O4S. The van der Waals surface area contributed by atoms with Gasteiger partial charge in [0.15, 0.2) is 5.78 Å². The maximum atomic E-state index is 13.0. The average Bonchev–Trinajstić information content (AvgIpc) is 3.24. The molecule has 0 saturated heterocycles. The van der Waals surface area contributed by atoms with Crippen molar-refractivity contribution < 1.29 is 18.7 Å². The van der Waals surface area contributed by atoms with Gasteiger partial charge in [0.05, 0.1) is 18.1 Å².